The molecule has 122 valence electrons. The van der Waals surface area contributed by atoms with Crippen molar-refractivity contribution in [2.75, 3.05) is 37.6 Å². The molecule has 1 heterocycles. The average Bonchev–Trinajstić information content (AvgIpc) is 2.50. The van der Waals surface area contributed by atoms with Crippen molar-refractivity contribution >= 4 is 11.7 Å². The van der Waals surface area contributed by atoms with Gasteiger partial charge in [0.1, 0.15) is 0 Å². The van der Waals surface area contributed by atoms with Crippen molar-refractivity contribution in [2.24, 2.45) is 0 Å². The van der Waals surface area contributed by atoms with Crippen molar-refractivity contribution in [3.8, 4) is 0 Å². The molecule has 0 aromatic heterocycles. The Morgan fingerprint density at radius 3 is 2.36 bits per heavy atom. The normalized spacial score (nSPS) is 15.7. The second kappa shape index (κ2) is 8.18. The number of anilines is 1. The predicted molar refractivity (Wildman–Crippen MR) is 90.7 cm³/mol. The lowest BCUT2D eigenvalue weighted by Crippen LogP contribution is -2.39. The maximum atomic E-state index is 11.0. The van der Waals surface area contributed by atoms with Crippen LogP contribution in [0.1, 0.15) is 36.8 Å². The summed E-state index contributed by atoms with van der Waals surface area (Å²) in [6.07, 6.45) is 4.11. The minimum Gasteiger partial charge on any atom is -0.481 e. The molecule has 4 nitrogen and oxygen atoms in total. The highest BCUT2D eigenvalue weighted by Crippen LogP contribution is 2.25. The van der Waals surface area contributed by atoms with Crippen LogP contribution < -0.4 is 4.90 Å². The van der Waals surface area contributed by atoms with E-state index in [0.29, 0.717) is 6.54 Å². The highest BCUT2D eigenvalue weighted by Gasteiger charge is 2.16. The molecule has 0 bridgehead atoms. The molecule has 0 aliphatic carbocycles. The van der Waals surface area contributed by atoms with E-state index < -0.39 is 5.97 Å². The number of nitrogens with zero attached hydrogens (tertiary/aromatic N) is 2. The molecule has 0 amide bonds. The Morgan fingerprint density at radius 1 is 1.14 bits per heavy atom. The third-order valence-electron chi connectivity index (χ3n) is 4.49. The van der Waals surface area contributed by atoms with Crippen molar-refractivity contribution in [3.63, 3.8) is 0 Å². The standard InChI is InChI=1S/C18H28N2O2/c1-15-7-6-8-16(2)18(15)20(12-9-17(21)22)14-13-19-10-4-3-5-11-19/h6-8H,3-5,9-14H2,1-2H3,(H,21,22). The first-order valence-electron chi connectivity index (χ1n) is 8.33. The summed E-state index contributed by atoms with van der Waals surface area (Å²) < 4.78 is 0. The molecule has 1 N–H and O–H groups in total. The molecular formula is C18H28N2O2. The van der Waals surface area contributed by atoms with Crippen LogP contribution in [0.25, 0.3) is 0 Å². The fraction of sp³-hybridized carbons (Fsp3) is 0.611. The summed E-state index contributed by atoms with van der Waals surface area (Å²) in [5.74, 6) is -0.728. The van der Waals surface area contributed by atoms with Crippen LogP contribution in [0.2, 0.25) is 0 Å². The summed E-state index contributed by atoms with van der Waals surface area (Å²) in [5, 5.41) is 9.03. The van der Waals surface area contributed by atoms with Gasteiger partial charge in [-0.3, -0.25) is 4.79 Å². The molecule has 0 spiro atoms. The van der Waals surface area contributed by atoms with Gasteiger partial charge < -0.3 is 14.9 Å². The van der Waals surface area contributed by atoms with Crippen molar-refractivity contribution in [1.29, 1.82) is 0 Å². The molecule has 2 rings (SSSR count). The van der Waals surface area contributed by atoms with Crippen molar-refractivity contribution in [1.82, 2.24) is 4.90 Å². The molecule has 0 unspecified atom stereocenters. The van der Waals surface area contributed by atoms with Crippen LogP contribution in [0.15, 0.2) is 18.2 Å². The van der Waals surface area contributed by atoms with Gasteiger partial charge in [-0.25, -0.2) is 0 Å². The Labute approximate surface area is 133 Å². The molecule has 1 aromatic carbocycles. The third-order valence-corrected chi connectivity index (χ3v) is 4.49. The van der Waals surface area contributed by atoms with Crippen LogP contribution in [-0.4, -0.2) is 48.7 Å². The molecule has 0 radical (unpaired) electrons. The van der Waals surface area contributed by atoms with Gasteiger partial charge in [-0.05, 0) is 50.9 Å². The molecule has 0 saturated carbocycles. The maximum absolute atomic E-state index is 11.0. The summed E-state index contributed by atoms with van der Waals surface area (Å²) in [6.45, 7) is 9.08. The van der Waals surface area contributed by atoms with E-state index >= 15 is 0 Å². The van der Waals surface area contributed by atoms with Gasteiger partial charge in [0.25, 0.3) is 0 Å². The molecular weight excluding hydrogens is 276 g/mol. The topological polar surface area (TPSA) is 43.8 Å². The van der Waals surface area contributed by atoms with Crippen LogP contribution in [-0.2, 0) is 4.79 Å². The summed E-state index contributed by atoms with van der Waals surface area (Å²) >= 11 is 0. The summed E-state index contributed by atoms with van der Waals surface area (Å²) in [4.78, 5) is 15.7. The number of piperidine rings is 1. The molecule has 1 aliphatic rings. The van der Waals surface area contributed by atoms with E-state index in [9.17, 15) is 4.79 Å². The zero-order chi connectivity index (χ0) is 15.9. The van der Waals surface area contributed by atoms with Crippen LogP contribution >= 0.6 is 0 Å². The van der Waals surface area contributed by atoms with E-state index in [-0.39, 0.29) is 6.42 Å². The van der Waals surface area contributed by atoms with E-state index in [1.54, 1.807) is 0 Å². The first-order valence-corrected chi connectivity index (χ1v) is 8.33. The van der Waals surface area contributed by atoms with Crippen LogP contribution in [0.3, 0.4) is 0 Å². The predicted octanol–water partition coefficient (Wildman–Crippen LogP) is 3.07. The first-order chi connectivity index (χ1) is 10.6. The monoisotopic (exact) mass is 304 g/mol. The molecule has 1 aromatic rings. The van der Waals surface area contributed by atoms with Gasteiger partial charge in [-0.2, -0.15) is 0 Å². The van der Waals surface area contributed by atoms with Crippen LogP contribution in [0, 0.1) is 13.8 Å². The van der Waals surface area contributed by atoms with Gasteiger partial charge in [0.15, 0.2) is 0 Å². The van der Waals surface area contributed by atoms with Gasteiger partial charge >= 0.3 is 5.97 Å². The van der Waals surface area contributed by atoms with E-state index in [1.165, 1.54) is 49.2 Å². The summed E-state index contributed by atoms with van der Waals surface area (Å²) in [5.41, 5.74) is 3.66. The Hall–Kier alpha value is -1.55. The number of benzene rings is 1. The van der Waals surface area contributed by atoms with E-state index in [0.717, 1.165) is 13.1 Å². The largest absolute Gasteiger partial charge is 0.481 e. The van der Waals surface area contributed by atoms with E-state index in [1.807, 2.05) is 0 Å². The number of aryl methyl sites for hydroxylation is 2. The molecule has 1 fully saturated rings. The fourth-order valence-electron chi connectivity index (χ4n) is 3.32. The first kappa shape index (κ1) is 16.8. The number of para-hydroxylation sites is 1. The van der Waals surface area contributed by atoms with E-state index in [2.05, 4.69) is 41.8 Å². The molecule has 0 atom stereocenters. The fourth-order valence-corrected chi connectivity index (χ4v) is 3.32. The SMILES string of the molecule is Cc1cccc(C)c1N(CCC(=O)O)CCN1CCCCC1. The number of carboxylic acids is 1. The van der Waals surface area contributed by atoms with Crippen molar-refractivity contribution < 1.29 is 9.90 Å². The highest BCUT2D eigenvalue weighted by molar-refractivity contribution is 5.68. The number of hydrogen-bond donors (Lipinski definition) is 1. The lowest BCUT2D eigenvalue weighted by molar-refractivity contribution is -0.136. The molecule has 1 aliphatic heterocycles. The van der Waals surface area contributed by atoms with Gasteiger partial charge in [0, 0.05) is 25.3 Å². The minimum atomic E-state index is -0.728. The maximum Gasteiger partial charge on any atom is 0.305 e. The van der Waals surface area contributed by atoms with Crippen LogP contribution in [0.5, 0.6) is 0 Å². The van der Waals surface area contributed by atoms with Gasteiger partial charge in [-0.1, -0.05) is 24.6 Å². The summed E-state index contributed by atoms with van der Waals surface area (Å²) in [6, 6.07) is 6.28. The zero-order valence-electron chi connectivity index (χ0n) is 13.8. The molecule has 22 heavy (non-hydrogen) atoms. The molecule has 4 heteroatoms. The number of rotatable bonds is 7. The second-order valence-corrected chi connectivity index (χ2v) is 6.27. The second-order valence-electron chi connectivity index (χ2n) is 6.27. The Bertz CT molecular complexity index is 476. The number of hydrogen-bond acceptors (Lipinski definition) is 3. The smallest absolute Gasteiger partial charge is 0.305 e. The van der Waals surface area contributed by atoms with E-state index in [4.69, 9.17) is 5.11 Å². The Morgan fingerprint density at radius 2 is 1.77 bits per heavy atom. The lowest BCUT2D eigenvalue weighted by Gasteiger charge is -2.32. The third kappa shape index (κ3) is 4.73. The number of carboxylic acid groups (broad SMARTS) is 1. The quantitative estimate of drug-likeness (QED) is 0.841. The Kier molecular flexibility index (Phi) is 6.25. The summed E-state index contributed by atoms with van der Waals surface area (Å²) in [7, 11) is 0. The number of likely N-dealkylation sites (tertiary alicyclic amines) is 1. The average molecular weight is 304 g/mol. The number of aliphatic carboxylic acids is 1. The van der Waals surface area contributed by atoms with Gasteiger partial charge in [0.05, 0.1) is 6.42 Å². The van der Waals surface area contributed by atoms with Crippen molar-refractivity contribution in [3.05, 3.63) is 29.3 Å². The zero-order valence-corrected chi connectivity index (χ0v) is 13.8. The Balaban J connectivity index is 2.06. The molecule has 1 saturated heterocycles. The number of carbonyl (C=O) groups is 1. The minimum absolute atomic E-state index is 0.188. The van der Waals surface area contributed by atoms with Gasteiger partial charge in [0.2, 0.25) is 0 Å². The van der Waals surface area contributed by atoms with Crippen molar-refractivity contribution in [2.45, 2.75) is 39.5 Å². The van der Waals surface area contributed by atoms with Crippen LogP contribution in [0.4, 0.5) is 5.69 Å². The van der Waals surface area contributed by atoms with Gasteiger partial charge in [-0.15, -0.1) is 0 Å². The lowest BCUT2D eigenvalue weighted by atomic mass is 10.1. The highest BCUT2D eigenvalue weighted by atomic mass is 16.4.